The van der Waals surface area contributed by atoms with E-state index in [2.05, 4.69) is 36.8 Å². The third-order valence-corrected chi connectivity index (χ3v) is 4.47. The van der Waals surface area contributed by atoms with Crippen molar-refractivity contribution in [3.63, 3.8) is 0 Å². The summed E-state index contributed by atoms with van der Waals surface area (Å²) in [5.74, 6) is -0.125. The number of amides is 1. The normalized spacial score (nSPS) is 10.6. The average molecular weight is 364 g/mol. The first kappa shape index (κ1) is 13.9. The Morgan fingerprint density at radius 2 is 2.19 bits per heavy atom. The van der Waals surface area contributed by atoms with E-state index in [1.807, 2.05) is 31.2 Å². The van der Waals surface area contributed by atoms with Gasteiger partial charge in [-0.3, -0.25) is 4.79 Å². The van der Waals surface area contributed by atoms with Gasteiger partial charge >= 0.3 is 0 Å². The minimum absolute atomic E-state index is 0.125. The summed E-state index contributed by atoms with van der Waals surface area (Å²) in [5, 5.41) is 14.0. The summed E-state index contributed by atoms with van der Waals surface area (Å²) < 4.78 is 2.51. The molecular formula is C13H10BrN5OS. The van der Waals surface area contributed by atoms with Crippen LogP contribution in [0.4, 0.5) is 5.69 Å². The monoisotopic (exact) mass is 363 g/mol. The molecule has 1 amide bonds. The molecule has 0 aliphatic rings. The quantitative estimate of drug-likeness (QED) is 0.775. The van der Waals surface area contributed by atoms with Crippen LogP contribution >= 0.6 is 27.3 Å². The maximum atomic E-state index is 12.1. The van der Waals surface area contributed by atoms with Crippen molar-refractivity contribution in [3.8, 4) is 5.69 Å². The van der Waals surface area contributed by atoms with Crippen LogP contribution in [0.15, 0.2) is 40.4 Å². The van der Waals surface area contributed by atoms with Crippen molar-refractivity contribution in [1.82, 2.24) is 20.2 Å². The van der Waals surface area contributed by atoms with E-state index in [4.69, 9.17) is 0 Å². The second-order valence-electron chi connectivity index (χ2n) is 4.31. The van der Waals surface area contributed by atoms with Crippen molar-refractivity contribution < 1.29 is 4.79 Å². The van der Waals surface area contributed by atoms with Crippen LogP contribution < -0.4 is 5.32 Å². The number of nitrogens with zero attached hydrogens (tertiary/aromatic N) is 4. The summed E-state index contributed by atoms with van der Waals surface area (Å²) in [4.78, 5) is 12.7. The molecule has 0 spiro atoms. The van der Waals surface area contributed by atoms with Crippen molar-refractivity contribution in [2.75, 3.05) is 5.32 Å². The van der Waals surface area contributed by atoms with Crippen LogP contribution in [0.1, 0.15) is 15.2 Å². The molecule has 106 valence electrons. The van der Waals surface area contributed by atoms with Gasteiger partial charge in [0.25, 0.3) is 5.91 Å². The van der Waals surface area contributed by atoms with Crippen molar-refractivity contribution in [2.45, 2.75) is 6.92 Å². The molecule has 0 aliphatic heterocycles. The number of tetrazole rings is 1. The maximum absolute atomic E-state index is 12.1. The molecule has 2 heterocycles. The lowest BCUT2D eigenvalue weighted by molar-refractivity contribution is 0.103. The van der Waals surface area contributed by atoms with E-state index < -0.39 is 0 Å². The number of rotatable bonds is 3. The Hall–Kier alpha value is -2.06. The molecule has 0 atom stereocenters. The Balaban J connectivity index is 1.81. The molecular weight excluding hydrogens is 354 g/mol. The fourth-order valence-corrected chi connectivity index (χ4v) is 3.17. The van der Waals surface area contributed by atoms with Gasteiger partial charge < -0.3 is 5.32 Å². The zero-order valence-corrected chi connectivity index (χ0v) is 13.3. The van der Waals surface area contributed by atoms with E-state index in [1.165, 1.54) is 17.7 Å². The van der Waals surface area contributed by atoms with Crippen molar-refractivity contribution in [1.29, 1.82) is 0 Å². The zero-order valence-electron chi connectivity index (χ0n) is 10.9. The number of aryl methyl sites for hydroxylation is 1. The predicted octanol–water partition coefficient (Wildman–Crippen LogP) is 3.05. The summed E-state index contributed by atoms with van der Waals surface area (Å²) in [5.41, 5.74) is 2.57. The molecule has 0 radical (unpaired) electrons. The number of hydrogen-bond acceptors (Lipinski definition) is 5. The molecule has 0 unspecified atom stereocenters. The van der Waals surface area contributed by atoms with Crippen molar-refractivity contribution in [2.24, 2.45) is 0 Å². The molecule has 3 aromatic rings. The highest BCUT2D eigenvalue weighted by Gasteiger charge is 2.10. The van der Waals surface area contributed by atoms with Gasteiger partial charge in [-0.05, 0) is 69.2 Å². The summed E-state index contributed by atoms with van der Waals surface area (Å²) in [6.45, 7) is 1.94. The summed E-state index contributed by atoms with van der Waals surface area (Å²) >= 11 is 4.74. The van der Waals surface area contributed by atoms with Crippen LogP contribution in [0, 0.1) is 6.92 Å². The second-order valence-corrected chi connectivity index (χ2v) is 6.78. The fraction of sp³-hybridized carbons (Fsp3) is 0.0769. The van der Waals surface area contributed by atoms with Crippen LogP contribution in [-0.2, 0) is 0 Å². The fourth-order valence-electron chi connectivity index (χ4n) is 1.89. The Morgan fingerprint density at radius 1 is 1.33 bits per heavy atom. The van der Waals surface area contributed by atoms with Gasteiger partial charge in [0.15, 0.2) is 0 Å². The van der Waals surface area contributed by atoms with E-state index in [0.29, 0.717) is 4.88 Å². The standard InChI is InChI=1S/C13H10BrN5OS/c1-8-6-9(2-3-10(8)19-7-15-17-18-19)16-13(20)11-4-5-12(14)21-11/h2-7H,1H3,(H,16,20). The van der Waals surface area contributed by atoms with E-state index in [9.17, 15) is 4.79 Å². The lowest BCUT2D eigenvalue weighted by atomic mass is 10.2. The third-order valence-electron chi connectivity index (χ3n) is 2.85. The summed E-state index contributed by atoms with van der Waals surface area (Å²) in [6, 6.07) is 9.21. The largest absolute Gasteiger partial charge is 0.321 e. The molecule has 1 aromatic carbocycles. The number of hydrogen-bond donors (Lipinski definition) is 1. The molecule has 1 N–H and O–H groups in total. The number of carbonyl (C=O) groups is 1. The SMILES string of the molecule is Cc1cc(NC(=O)c2ccc(Br)s2)ccc1-n1cnnn1. The van der Waals surface area contributed by atoms with Gasteiger partial charge in [0.2, 0.25) is 0 Å². The van der Waals surface area contributed by atoms with Crippen LogP contribution in [-0.4, -0.2) is 26.1 Å². The van der Waals surface area contributed by atoms with Gasteiger partial charge in [-0.15, -0.1) is 16.4 Å². The van der Waals surface area contributed by atoms with Gasteiger partial charge in [0.1, 0.15) is 6.33 Å². The van der Waals surface area contributed by atoms with Crippen molar-refractivity contribution in [3.05, 3.63) is 50.9 Å². The predicted molar refractivity (Wildman–Crippen MR) is 83.9 cm³/mol. The first-order valence-corrected chi connectivity index (χ1v) is 7.65. The van der Waals surface area contributed by atoms with E-state index in [-0.39, 0.29) is 5.91 Å². The van der Waals surface area contributed by atoms with Crippen LogP contribution in [0.2, 0.25) is 0 Å². The second kappa shape index (κ2) is 5.74. The topological polar surface area (TPSA) is 72.7 Å². The molecule has 0 aliphatic carbocycles. The molecule has 21 heavy (non-hydrogen) atoms. The first-order valence-electron chi connectivity index (χ1n) is 6.04. The summed E-state index contributed by atoms with van der Waals surface area (Å²) in [7, 11) is 0. The summed E-state index contributed by atoms with van der Waals surface area (Å²) in [6.07, 6.45) is 1.53. The van der Waals surface area contributed by atoms with E-state index in [0.717, 1.165) is 20.7 Å². The van der Waals surface area contributed by atoms with Gasteiger partial charge in [0, 0.05) is 5.69 Å². The van der Waals surface area contributed by atoms with Crippen LogP contribution in [0.25, 0.3) is 5.69 Å². The minimum atomic E-state index is -0.125. The van der Waals surface area contributed by atoms with Gasteiger partial charge in [-0.1, -0.05) is 0 Å². The molecule has 6 nitrogen and oxygen atoms in total. The van der Waals surface area contributed by atoms with E-state index in [1.54, 1.807) is 10.7 Å². The average Bonchev–Trinajstić information content (AvgIpc) is 3.10. The smallest absolute Gasteiger partial charge is 0.265 e. The molecule has 2 aromatic heterocycles. The highest BCUT2D eigenvalue weighted by molar-refractivity contribution is 9.11. The maximum Gasteiger partial charge on any atom is 0.265 e. The Morgan fingerprint density at radius 3 is 2.81 bits per heavy atom. The molecule has 8 heteroatoms. The van der Waals surface area contributed by atoms with Gasteiger partial charge in [-0.2, -0.15) is 0 Å². The van der Waals surface area contributed by atoms with Crippen LogP contribution in [0.5, 0.6) is 0 Å². The Bertz CT molecular complexity index is 784. The highest BCUT2D eigenvalue weighted by Crippen LogP contribution is 2.24. The van der Waals surface area contributed by atoms with E-state index >= 15 is 0 Å². The number of anilines is 1. The lowest BCUT2D eigenvalue weighted by Gasteiger charge is -2.08. The van der Waals surface area contributed by atoms with Gasteiger partial charge in [-0.25, -0.2) is 4.68 Å². The number of thiophene rings is 1. The number of benzene rings is 1. The number of aromatic nitrogens is 4. The highest BCUT2D eigenvalue weighted by atomic mass is 79.9. The van der Waals surface area contributed by atoms with Crippen molar-refractivity contribution >= 4 is 38.9 Å². The molecule has 0 saturated carbocycles. The molecule has 3 rings (SSSR count). The number of nitrogens with one attached hydrogen (secondary N) is 1. The lowest BCUT2D eigenvalue weighted by Crippen LogP contribution is -2.10. The van der Waals surface area contributed by atoms with Crippen LogP contribution in [0.3, 0.4) is 0 Å². The molecule has 0 saturated heterocycles. The third kappa shape index (κ3) is 3.01. The Labute approximate surface area is 132 Å². The zero-order chi connectivity index (χ0) is 14.8. The first-order chi connectivity index (χ1) is 10.1. The number of carbonyl (C=O) groups excluding carboxylic acids is 1. The number of halogens is 1. The molecule has 0 bridgehead atoms. The Kier molecular flexibility index (Phi) is 3.80. The molecule has 0 fully saturated rings. The minimum Gasteiger partial charge on any atom is -0.321 e. The van der Waals surface area contributed by atoms with Gasteiger partial charge in [0.05, 0.1) is 14.4 Å².